The van der Waals surface area contributed by atoms with Crippen LogP contribution >= 0.6 is 11.3 Å². The zero-order valence-corrected chi connectivity index (χ0v) is 14.1. The highest BCUT2D eigenvalue weighted by atomic mass is 32.1. The summed E-state index contributed by atoms with van der Waals surface area (Å²) in [5.74, 6) is 0.792. The van der Waals surface area contributed by atoms with E-state index in [4.69, 9.17) is 0 Å². The van der Waals surface area contributed by atoms with Crippen LogP contribution in [0.2, 0.25) is 0 Å². The van der Waals surface area contributed by atoms with Crippen molar-refractivity contribution in [1.29, 1.82) is 0 Å². The van der Waals surface area contributed by atoms with Crippen LogP contribution in [0.25, 0.3) is 0 Å². The summed E-state index contributed by atoms with van der Waals surface area (Å²) in [6, 6.07) is 0.632. The molecular weight excluding hydrogens is 264 g/mol. The van der Waals surface area contributed by atoms with E-state index in [9.17, 15) is 0 Å². The van der Waals surface area contributed by atoms with Crippen molar-refractivity contribution in [2.75, 3.05) is 6.54 Å². The Balaban J connectivity index is 2.13. The topological polar surface area (TPSA) is 24.9 Å². The molecule has 3 heteroatoms. The van der Waals surface area contributed by atoms with Crippen LogP contribution in [0.5, 0.6) is 0 Å². The molecule has 1 unspecified atom stereocenters. The van der Waals surface area contributed by atoms with Gasteiger partial charge < -0.3 is 5.32 Å². The zero-order valence-electron chi connectivity index (χ0n) is 13.3. The Morgan fingerprint density at radius 3 is 2.65 bits per heavy atom. The molecule has 1 aromatic rings. The van der Waals surface area contributed by atoms with E-state index in [-0.39, 0.29) is 0 Å². The molecule has 20 heavy (non-hydrogen) atoms. The molecule has 0 saturated heterocycles. The molecule has 1 N–H and O–H groups in total. The second-order valence-electron chi connectivity index (χ2n) is 6.85. The molecule has 0 aromatic carbocycles. The first-order chi connectivity index (χ1) is 9.66. The van der Waals surface area contributed by atoms with Gasteiger partial charge in [0.1, 0.15) is 0 Å². The molecule has 1 aliphatic carbocycles. The van der Waals surface area contributed by atoms with Crippen LogP contribution in [-0.2, 0) is 6.42 Å². The summed E-state index contributed by atoms with van der Waals surface area (Å²) in [4.78, 5) is 5.70. The lowest BCUT2D eigenvalue weighted by atomic mass is 9.71. The highest BCUT2D eigenvalue weighted by molar-refractivity contribution is 7.09. The average molecular weight is 295 g/mol. The Morgan fingerprint density at radius 1 is 1.35 bits per heavy atom. The van der Waals surface area contributed by atoms with E-state index in [1.165, 1.54) is 43.4 Å². The maximum Gasteiger partial charge on any atom is 0.0794 e. The molecule has 1 fully saturated rings. The third kappa shape index (κ3) is 4.05. The molecule has 0 amide bonds. The Hall–Kier alpha value is -0.410. The molecule has 0 radical (unpaired) electrons. The van der Waals surface area contributed by atoms with Gasteiger partial charge in [-0.15, -0.1) is 11.3 Å². The predicted molar refractivity (Wildman–Crippen MR) is 88.3 cm³/mol. The van der Waals surface area contributed by atoms with Gasteiger partial charge in [0.2, 0.25) is 0 Å². The molecule has 1 aromatic heterocycles. The highest BCUT2D eigenvalue weighted by Crippen LogP contribution is 2.46. The van der Waals surface area contributed by atoms with Crippen molar-refractivity contribution in [1.82, 2.24) is 10.3 Å². The first-order valence-corrected chi connectivity index (χ1v) is 9.15. The van der Waals surface area contributed by atoms with E-state index in [0.29, 0.717) is 11.5 Å². The van der Waals surface area contributed by atoms with Crippen molar-refractivity contribution >= 4 is 11.3 Å². The largest absolute Gasteiger partial charge is 0.313 e. The van der Waals surface area contributed by atoms with Crippen molar-refractivity contribution in [2.45, 2.75) is 71.8 Å². The van der Waals surface area contributed by atoms with Gasteiger partial charge in [-0.25, -0.2) is 0 Å². The average Bonchev–Trinajstić information content (AvgIpc) is 3.05. The van der Waals surface area contributed by atoms with Gasteiger partial charge in [0.15, 0.2) is 0 Å². The van der Waals surface area contributed by atoms with E-state index in [0.717, 1.165) is 18.9 Å². The van der Waals surface area contributed by atoms with Crippen LogP contribution in [0.15, 0.2) is 11.7 Å². The van der Waals surface area contributed by atoms with E-state index in [2.05, 4.69) is 37.3 Å². The molecular formula is C17H30N2S. The van der Waals surface area contributed by atoms with Crippen LogP contribution in [0.3, 0.4) is 0 Å². The van der Waals surface area contributed by atoms with Gasteiger partial charge in [-0.1, -0.05) is 33.6 Å². The summed E-state index contributed by atoms with van der Waals surface area (Å²) in [5, 5.41) is 3.87. The third-order valence-electron chi connectivity index (χ3n) is 4.68. The number of nitrogens with zero attached hydrogens (tertiary/aromatic N) is 1. The second kappa shape index (κ2) is 7.56. The minimum Gasteiger partial charge on any atom is -0.313 e. The number of nitrogens with one attached hydrogen (secondary N) is 1. The Labute approximate surface area is 128 Å². The van der Waals surface area contributed by atoms with Crippen molar-refractivity contribution in [3.8, 4) is 0 Å². The number of hydrogen-bond acceptors (Lipinski definition) is 3. The molecule has 2 rings (SSSR count). The molecule has 0 spiro atoms. The standard InChI is InChI=1S/C17H30N2S/c1-4-9-19-16(10-15-12-18-13-20-15)17(11-14(2)3)7-5-6-8-17/h12-14,16,19H,4-11H2,1-3H3. The van der Waals surface area contributed by atoms with Crippen molar-refractivity contribution in [3.05, 3.63) is 16.6 Å². The molecule has 0 bridgehead atoms. The Kier molecular flexibility index (Phi) is 6.03. The number of hydrogen-bond donors (Lipinski definition) is 1. The number of thiazole rings is 1. The van der Waals surface area contributed by atoms with Crippen molar-refractivity contribution in [3.63, 3.8) is 0 Å². The summed E-state index contributed by atoms with van der Waals surface area (Å²) in [6.45, 7) is 8.16. The predicted octanol–water partition coefficient (Wildman–Crippen LogP) is 4.66. The fraction of sp³-hybridized carbons (Fsp3) is 0.824. The van der Waals surface area contributed by atoms with Crippen molar-refractivity contribution < 1.29 is 0 Å². The quantitative estimate of drug-likeness (QED) is 0.754. The van der Waals surface area contributed by atoms with E-state index in [1.807, 2.05) is 16.8 Å². The summed E-state index contributed by atoms with van der Waals surface area (Å²) >= 11 is 1.81. The monoisotopic (exact) mass is 294 g/mol. The Morgan fingerprint density at radius 2 is 2.10 bits per heavy atom. The normalized spacial score (nSPS) is 19.6. The van der Waals surface area contributed by atoms with Crippen LogP contribution < -0.4 is 5.32 Å². The van der Waals surface area contributed by atoms with Gasteiger partial charge in [-0.3, -0.25) is 4.98 Å². The van der Waals surface area contributed by atoms with Crippen LogP contribution in [0.1, 0.15) is 64.2 Å². The number of aromatic nitrogens is 1. The second-order valence-corrected chi connectivity index (χ2v) is 7.82. The smallest absolute Gasteiger partial charge is 0.0794 e. The molecule has 1 aliphatic rings. The fourth-order valence-electron chi connectivity index (χ4n) is 3.95. The summed E-state index contributed by atoms with van der Waals surface area (Å²) in [6.07, 6.45) is 11.5. The zero-order chi connectivity index (χ0) is 14.4. The van der Waals surface area contributed by atoms with Gasteiger partial charge in [0, 0.05) is 17.1 Å². The van der Waals surface area contributed by atoms with Gasteiger partial charge >= 0.3 is 0 Å². The van der Waals surface area contributed by atoms with Crippen LogP contribution in [0.4, 0.5) is 0 Å². The van der Waals surface area contributed by atoms with Crippen LogP contribution in [0, 0.1) is 11.3 Å². The number of rotatable bonds is 8. The lowest BCUT2D eigenvalue weighted by Crippen LogP contribution is -2.46. The van der Waals surface area contributed by atoms with E-state index < -0.39 is 0 Å². The minimum atomic E-state index is 0.521. The summed E-state index contributed by atoms with van der Waals surface area (Å²) in [7, 11) is 0. The van der Waals surface area contributed by atoms with Gasteiger partial charge in [-0.2, -0.15) is 0 Å². The molecule has 1 heterocycles. The summed E-state index contributed by atoms with van der Waals surface area (Å²) in [5.41, 5.74) is 2.49. The lowest BCUT2D eigenvalue weighted by Gasteiger charge is -2.40. The Bertz CT molecular complexity index is 366. The third-order valence-corrected chi connectivity index (χ3v) is 5.48. The molecule has 0 aliphatic heterocycles. The van der Waals surface area contributed by atoms with Gasteiger partial charge in [0.05, 0.1) is 5.51 Å². The molecule has 114 valence electrons. The van der Waals surface area contributed by atoms with Gasteiger partial charge in [-0.05, 0) is 50.0 Å². The SMILES string of the molecule is CCCNC(Cc1cncs1)C1(CC(C)C)CCCC1. The summed E-state index contributed by atoms with van der Waals surface area (Å²) < 4.78 is 0. The first kappa shape index (κ1) is 16.0. The molecule has 2 nitrogen and oxygen atoms in total. The lowest BCUT2D eigenvalue weighted by molar-refractivity contribution is 0.154. The first-order valence-electron chi connectivity index (χ1n) is 8.27. The fourth-order valence-corrected chi connectivity index (χ4v) is 4.60. The maximum atomic E-state index is 4.26. The molecule has 1 saturated carbocycles. The molecule has 1 atom stereocenters. The van der Waals surface area contributed by atoms with Crippen molar-refractivity contribution in [2.24, 2.45) is 11.3 Å². The van der Waals surface area contributed by atoms with Crippen LogP contribution in [-0.4, -0.2) is 17.6 Å². The van der Waals surface area contributed by atoms with Gasteiger partial charge in [0.25, 0.3) is 0 Å². The van der Waals surface area contributed by atoms with E-state index in [1.54, 1.807) is 0 Å². The highest BCUT2D eigenvalue weighted by Gasteiger charge is 2.41. The minimum absolute atomic E-state index is 0.521. The maximum absolute atomic E-state index is 4.26. The van der Waals surface area contributed by atoms with E-state index >= 15 is 0 Å².